The Labute approximate surface area is 127 Å². The summed E-state index contributed by atoms with van der Waals surface area (Å²) in [7, 11) is 0. The van der Waals surface area contributed by atoms with Gasteiger partial charge in [0.1, 0.15) is 17.3 Å². The highest BCUT2D eigenvalue weighted by atomic mass is 32.1. The van der Waals surface area contributed by atoms with Crippen LogP contribution in [0.5, 0.6) is 0 Å². The average Bonchev–Trinajstić information content (AvgIpc) is 3.00. The normalized spacial score (nSPS) is 18.9. The number of amides is 1. The molecule has 110 valence electrons. The summed E-state index contributed by atoms with van der Waals surface area (Å²) in [5.74, 6) is 1.71. The molecule has 7 heteroatoms. The van der Waals surface area contributed by atoms with E-state index in [9.17, 15) is 4.79 Å². The molecule has 1 amide bonds. The molecule has 3 rings (SSSR count). The lowest BCUT2D eigenvalue weighted by atomic mass is 10.1. The number of carbonyl (C=O) groups excluding carboxylic acids is 1. The summed E-state index contributed by atoms with van der Waals surface area (Å²) in [6.07, 6.45) is 1.77. The fourth-order valence-electron chi connectivity index (χ4n) is 2.55. The average molecular weight is 303 g/mol. The lowest BCUT2D eigenvalue weighted by Crippen LogP contribution is -2.54. The number of rotatable bonds is 2. The van der Waals surface area contributed by atoms with Crippen LogP contribution in [0.3, 0.4) is 0 Å². The Kier molecular flexibility index (Phi) is 3.83. The van der Waals surface area contributed by atoms with Gasteiger partial charge >= 0.3 is 0 Å². The van der Waals surface area contributed by atoms with E-state index in [-0.39, 0.29) is 11.9 Å². The van der Waals surface area contributed by atoms with E-state index >= 15 is 0 Å². The molecule has 1 fully saturated rings. The molecule has 6 nitrogen and oxygen atoms in total. The smallest absolute Gasteiger partial charge is 0.273 e. The monoisotopic (exact) mass is 303 g/mol. The molecule has 0 radical (unpaired) electrons. The fourth-order valence-corrected chi connectivity index (χ4v) is 3.08. The summed E-state index contributed by atoms with van der Waals surface area (Å²) >= 11 is 1.45. The second kappa shape index (κ2) is 5.77. The molecule has 0 saturated carbocycles. The van der Waals surface area contributed by atoms with Crippen LogP contribution in [-0.4, -0.2) is 51.4 Å². The molecule has 0 aromatic carbocycles. The molecule has 21 heavy (non-hydrogen) atoms. The largest absolute Gasteiger partial charge is 0.353 e. The maximum Gasteiger partial charge on any atom is 0.273 e. The molecule has 3 heterocycles. The van der Waals surface area contributed by atoms with Gasteiger partial charge < -0.3 is 9.80 Å². The topological polar surface area (TPSA) is 62.2 Å². The molecular formula is C14H17N5OS. The number of aryl methyl sites for hydroxylation is 1. The highest BCUT2D eigenvalue weighted by Gasteiger charge is 2.29. The van der Waals surface area contributed by atoms with Gasteiger partial charge in [-0.1, -0.05) is 0 Å². The van der Waals surface area contributed by atoms with Crippen LogP contribution >= 0.6 is 11.3 Å². The van der Waals surface area contributed by atoms with Gasteiger partial charge in [0.25, 0.3) is 5.91 Å². The van der Waals surface area contributed by atoms with Crippen molar-refractivity contribution in [3.8, 4) is 0 Å². The Balaban J connectivity index is 1.71. The van der Waals surface area contributed by atoms with Crippen LogP contribution in [0.25, 0.3) is 0 Å². The lowest BCUT2D eigenvalue weighted by molar-refractivity contribution is 0.0668. The third-order valence-electron chi connectivity index (χ3n) is 3.63. The number of nitrogens with zero attached hydrogens (tertiary/aromatic N) is 5. The van der Waals surface area contributed by atoms with Gasteiger partial charge in [0.05, 0.1) is 5.51 Å². The van der Waals surface area contributed by atoms with Gasteiger partial charge in [-0.3, -0.25) is 4.79 Å². The Hall–Kier alpha value is -2.02. The maximum atomic E-state index is 12.4. The van der Waals surface area contributed by atoms with E-state index in [2.05, 4.69) is 26.8 Å². The highest BCUT2D eigenvalue weighted by molar-refractivity contribution is 7.07. The van der Waals surface area contributed by atoms with Crippen molar-refractivity contribution < 1.29 is 4.79 Å². The summed E-state index contributed by atoms with van der Waals surface area (Å²) < 4.78 is 0. The number of piperazine rings is 1. The van der Waals surface area contributed by atoms with Crippen molar-refractivity contribution in [1.82, 2.24) is 19.9 Å². The third-order valence-corrected chi connectivity index (χ3v) is 4.21. The molecular weight excluding hydrogens is 286 g/mol. The number of anilines is 1. The van der Waals surface area contributed by atoms with E-state index in [1.54, 1.807) is 17.1 Å². The van der Waals surface area contributed by atoms with Gasteiger partial charge in [-0.15, -0.1) is 11.3 Å². The minimum Gasteiger partial charge on any atom is -0.353 e. The first kappa shape index (κ1) is 13.9. The highest BCUT2D eigenvalue weighted by Crippen LogP contribution is 2.18. The van der Waals surface area contributed by atoms with Crippen LogP contribution < -0.4 is 4.90 Å². The van der Waals surface area contributed by atoms with Crippen LogP contribution in [0.1, 0.15) is 23.2 Å². The molecule has 1 atom stereocenters. The molecule has 0 bridgehead atoms. The second-order valence-electron chi connectivity index (χ2n) is 5.13. The van der Waals surface area contributed by atoms with Crippen LogP contribution in [0, 0.1) is 6.92 Å². The zero-order chi connectivity index (χ0) is 14.8. The Bertz CT molecular complexity index is 630. The maximum absolute atomic E-state index is 12.4. The van der Waals surface area contributed by atoms with Gasteiger partial charge in [0.2, 0.25) is 0 Å². The summed E-state index contributed by atoms with van der Waals surface area (Å²) in [5.41, 5.74) is 2.23. The standard InChI is InChI=1S/C14H17N5OS/c1-10-7-18(13-3-4-15-11(2)17-13)5-6-19(10)14(20)12-8-21-9-16-12/h3-4,8-10H,5-7H2,1-2H3/t10-/m0/s1. The van der Waals surface area contributed by atoms with Gasteiger partial charge in [0.15, 0.2) is 0 Å². The minimum absolute atomic E-state index is 0.0160. The molecule has 2 aromatic heterocycles. The van der Waals surface area contributed by atoms with Crippen molar-refractivity contribution in [2.75, 3.05) is 24.5 Å². The van der Waals surface area contributed by atoms with E-state index in [1.807, 2.05) is 17.9 Å². The van der Waals surface area contributed by atoms with E-state index in [0.29, 0.717) is 12.2 Å². The predicted molar refractivity (Wildman–Crippen MR) is 81.6 cm³/mol. The summed E-state index contributed by atoms with van der Waals surface area (Å²) in [6.45, 7) is 6.17. The van der Waals surface area contributed by atoms with Gasteiger partial charge in [0, 0.05) is 37.3 Å². The molecule has 0 spiro atoms. The van der Waals surface area contributed by atoms with Crippen molar-refractivity contribution in [2.45, 2.75) is 19.9 Å². The summed E-state index contributed by atoms with van der Waals surface area (Å²) in [4.78, 5) is 29.2. The van der Waals surface area contributed by atoms with Crippen LogP contribution in [-0.2, 0) is 0 Å². The number of hydrogen-bond donors (Lipinski definition) is 0. The third kappa shape index (κ3) is 2.87. The van der Waals surface area contributed by atoms with E-state index in [0.717, 1.165) is 24.7 Å². The molecule has 0 N–H and O–H groups in total. The molecule has 0 aliphatic carbocycles. The summed E-state index contributed by atoms with van der Waals surface area (Å²) in [5, 5.41) is 1.80. The Morgan fingerprint density at radius 2 is 2.24 bits per heavy atom. The van der Waals surface area contributed by atoms with Gasteiger partial charge in [-0.25, -0.2) is 15.0 Å². The van der Waals surface area contributed by atoms with Crippen molar-refractivity contribution in [3.63, 3.8) is 0 Å². The Morgan fingerprint density at radius 1 is 1.38 bits per heavy atom. The number of aromatic nitrogens is 3. The van der Waals surface area contributed by atoms with Gasteiger partial charge in [-0.2, -0.15) is 0 Å². The second-order valence-corrected chi connectivity index (χ2v) is 5.85. The zero-order valence-corrected chi connectivity index (χ0v) is 12.9. The first-order valence-corrected chi connectivity index (χ1v) is 7.83. The number of carbonyl (C=O) groups is 1. The Morgan fingerprint density at radius 3 is 2.90 bits per heavy atom. The van der Waals surface area contributed by atoms with Crippen molar-refractivity contribution in [2.24, 2.45) is 0 Å². The van der Waals surface area contributed by atoms with Gasteiger partial charge in [-0.05, 0) is 19.9 Å². The van der Waals surface area contributed by atoms with Crippen molar-refractivity contribution in [1.29, 1.82) is 0 Å². The van der Waals surface area contributed by atoms with Crippen molar-refractivity contribution >= 4 is 23.1 Å². The van der Waals surface area contributed by atoms with Crippen LogP contribution in [0.15, 0.2) is 23.2 Å². The summed E-state index contributed by atoms with van der Waals surface area (Å²) in [6, 6.07) is 2.04. The minimum atomic E-state index is 0.0160. The molecule has 1 aliphatic heterocycles. The van der Waals surface area contributed by atoms with E-state index in [1.165, 1.54) is 11.3 Å². The molecule has 0 unspecified atom stereocenters. The zero-order valence-electron chi connectivity index (χ0n) is 12.1. The predicted octanol–water partition coefficient (Wildman–Crippen LogP) is 1.59. The van der Waals surface area contributed by atoms with E-state index < -0.39 is 0 Å². The van der Waals surface area contributed by atoms with E-state index in [4.69, 9.17) is 0 Å². The van der Waals surface area contributed by atoms with Crippen LogP contribution in [0.2, 0.25) is 0 Å². The quantitative estimate of drug-likeness (QED) is 0.843. The van der Waals surface area contributed by atoms with Crippen LogP contribution in [0.4, 0.5) is 5.82 Å². The first-order valence-electron chi connectivity index (χ1n) is 6.89. The molecule has 2 aromatic rings. The molecule has 1 saturated heterocycles. The molecule has 1 aliphatic rings. The SMILES string of the molecule is Cc1nccc(N2CCN(C(=O)c3cscn3)[C@@H](C)C2)n1. The first-order chi connectivity index (χ1) is 10.1. The fraction of sp³-hybridized carbons (Fsp3) is 0.429. The number of hydrogen-bond acceptors (Lipinski definition) is 6. The number of thiazole rings is 1. The lowest BCUT2D eigenvalue weighted by Gasteiger charge is -2.40. The van der Waals surface area contributed by atoms with Crippen molar-refractivity contribution in [3.05, 3.63) is 34.7 Å².